The Morgan fingerprint density at radius 1 is 1.16 bits per heavy atom. The molecule has 0 radical (unpaired) electrons. The minimum absolute atomic E-state index is 0.0119. The molecule has 0 spiro atoms. The number of pyridine rings is 1. The van der Waals surface area contributed by atoms with Crippen molar-refractivity contribution in [1.29, 1.82) is 0 Å². The quantitative estimate of drug-likeness (QED) is 0.642. The first-order valence-electron chi connectivity index (χ1n) is 11.2. The lowest BCUT2D eigenvalue weighted by molar-refractivity contribution is -0.0117. The van der Waals surface area contributed by atoms with E-state index >= 15 is 0 Å². The minimum Gasteiger partial charge on any atom is -0.378 e. The number of morpholine rings is 1. The average Bonchev–Trinajstić information content (AvgIpc) is 2.82. The van der Waals surface area contributed by atoms with E-state index in [0.717, 1.165) is 83.6 Å². The second-order valence-corrected chi connectivity index (χ2v) is 9.15. The third-order valence-electron chi connectivity index (χ3n) is 6.64. The van der Waals surface area contributed by atoms with E-state index < -0.39 is 0 Å². The Morgan fingerprint density at radius 3 is 2.91 bits per heavy atom. The first kappa shape index (κ1) is 21.4. The Kier molecular flexibility index (Phi) is 5.88. The van der Waals surface area contributed by atoms with Gasteiger partial charge in [-0.3, -0.25) is 4.90 Å². The molecule has 2 aliphatic heterocycles. The maximum absolute atomic E-state index is 6.57. The summed E-state index contributed by atoms with van der Waals surface area (Å²) in [5, 5.41) is 15.2. The van der Waals surface area contributed by atoms with Crippen LogP contribution < -0.4 is 10.2 Å². The van der Waals surface area contributed by atoms with Crippen LogP contribution in [0.1, 0.15) is 29.8 Å². The number of piperazine rings is 1. The predicted molar refractivity (Wildman–Crippen MR) is 129 cm³/mol. The van der Waals surface area contributed by atoms with E-state index in [0.29, 0.717) is 6.04 Å². The number of nitrogens with one attached hydrogen (secondary N) is 1. The molecule has 5 rings (SSSR count). The van der Waals surface area contributed by atoms with Gasteiger partial charge in [0.2, 0.25) is 0 Å². The number of rotatable bonds is 4. The molecular weight excluding hydrogens is 424 g/mol. The number of benzene rings is 1. The van der Waals surface area contributed by atoms with Crippen molar-refractivity contribution in [3.05, 3.63) is 52.3 Å². The van der Waals surface area contributed by atoms with E-state index in [2.05, 4.69) is 44.4 Å². The molecule has 0 saturated carbocycles. The summed E-state index contributed by atoms with van der Waals surface area (Å²) >= 11 is 6.57. The predicted octanol–water partition coefficient (Wildman–Crippen LogP) is 3.99. The molecule has 0 unspecified atom stereocenters. The van der Waals surface area contributed by atoms with Crippen molar-refractivity contribution in [2.24, 2.45) is 0 Å². The van der Waals surface area contributed by atoms with Crippen molar-refractivity contribution in [3.8, 4) is 0 Å². The van der Waals surface area contributed by atoms with Crippen LogP contribution in [0.5, 0.6) is 0 Å². The van der Waals surface area contributed by atoms with Crippen LogP contribution in [0.4, 0.5) is 11.6 Å². The maximum Gasteiger partial charge on any atom is 0.157 e. The smallest absolute Gasteiger partial charge is 0.157 e. The second-order valence-electron chi connectivity index (χ2n) is 8.78. The number of aryl methyl sites for hydroxylation is 2. The standard InChI is InChI=1S/C24H29ClN6O/c1-15-5-4-6-19(23(15)25)16(2)27-24-20-11-22(26-12-21(20)17(3)28-29-24)31-8-7-30-9-10-32-14-18(30)13-31/h4-6,11-12,16,18H,7-10,13-14H2,1-3H3,(H,27,29)/t16-,18+/m1/s1. The van der Waals surface area contributed by atoms with Gasteiger partial charge in [0.15, 0.2) is 5.82 Å². The van der Waals surface area contributed by atoms with E-state index in [1.165, 1.54) is 0 Å². The number of aromatic nitrogens is 3. The summed E-state index contributed by atoms with van der Waals surface area (Å²) in [5.41, 5.74) is 2.98. The Hall–Kier alpha value is -2.48. The van der Waals surface area contributed by atoms with Crippen LogP contribution in [-0.4, -0.2) is 65.5 Å². The van der Waals surface area contributed by atoms with E-state index in [9.17, 15) is 0 Å². The molecule has 168 valence electrons. The summed E-state index contributed by atoms with van der Waals surface area (Å²) < 4.78 is 5.70. The summed E-state index contributed by atoms with van der Waals surface area (Å²) in [7, 11) is 0. The molecule has 0 bridgehead atoms. The monoisotopic (exact) mass is 452 g/mol. The van der Waals surface area contributed by atoms with Gasteiger partial charge in [-0.1, -0.05) is 29.8 Å². The van der Waals surface area contributed by atoms with Crippen LogP contribution in [0, 0.1) is 13.8 Å². The van der Waals surface area contributed by atoms with Crippen LogP contribution in [0.3, 0.4) is 0 Å². The molecule has 1 aromatic carbocycles. The molecular formula is C24H29ClN6O. The molecule has 3 aromatic rings. The van der Waals surface area contributed by atoms with Crippen LogP contribution in [-0.2, 0) is 4.74 Å². The van der Waals surface area contributed by atoms with Crippen molar-refractivity contribution < 1.29 is 4.74 Å². The van der Waals surface area contributed by atoms with Gasteiger partial charge in [-0.15, -0.1) is 5.10 Å². The second kappa shape index (κ2) is 8.81. The fourth-order valence-electron chi connectivity index (χ4n) is 4.68. The first-order chi connectivity index (χ1) is 15.5. The van der Waals surface area contributed by atoms with E-state index in [-0.39, 0.29) is 6.04 Å². The fourth-order valence-corrected chi connectivity index (χ4v) is 4.97. The zero-order chi connectivity index (χ0) is 22.2. The van der Waals surface area contributed by atoms with Gasteiger partial charge < -0.3 is 15.0 Å². The Morgan fingerprint density at radius 2 is 2.03 bits per heavy atom. The van der Waals surface area contributed by atoms with Crippen LogP contribution >= 0.6 is 11.6 Å². The topological polar surface area (TPSA) is 66.4 Å². The molecule has 2 aromatic heterocycles. The fraction of sp³-hybridized carbons (Fsp3) is 0.458. The number of halogens is 1. The highest BCUT2D eigenvalue weighted by atomic mass is 35.5. The lowest BCUT2D eigenvalue weighted by atomic mass is 10.0. The normalized spacial score (nSPS) is 20.2. The highest BCUT2D eigenvalue weighted by molar-refractivity contribution is 6.32. The third kappa shape index (κ3) is 4.00. The molecule has 2 fully saturated rings. The average molecular weight is 453 g/mol. The van der Waals surface area contributed by atoms with Crippen molar-refractivity contribution in [2.75, 3.05) is 49.6 Å². The number of nitrogens with zero attached hydrogens (tertiary/aromatic N) is 5. The molecule has 1 N–H and O–H groups in total. The molecule has 2 aliphatic rings. The SMILES string of the molecule is Cc1cccc([C@@H](C)Nc2nnc(C)c3cnc(N4CCN5CCOC[C@@H]5C4)cc23)c1Cl. The summed E-state index contributed by atoms with van der Waals surface area (Å²) in [6, 6.07) is 8.66. The molecule has 0 amide bonds. The number of anilines is 2. The number of hydrogen-bond acceptors (Lipinski definition) is 7. The van der Waals surface area contributed by atoms with Gasteiger partial charge in [-0.05, 0) is 38.0 Å². The Labute approximate surface area is 193 Å². The van der Waals surface area contributed by atoms with Crippen LogP contribution in [0.15, 0.2) is 30.5 Å². The molecule has 7 nitrogen and oxygen atoms in total. The number of fused-ring (bicyclic) bond motifs is 2. The van der Waals surface area contributed by atoms with Gasteiger partial charge in [0.25, 0.3) is 0 Å². The first-order valence-corrected chi connectivity index (χ1v) is 11.6. The van der Waals surface area contributed by atoms with Crippen molar-refractivity contribution in [1.82, 2.24) is 20.1 Å². The highest BCUT2D eigenvalue weighted by Gasteiger charge is 2.30. The molecule has 8 heteroatoms. The summed E-state index contributed by atoms with van der Waals surface area (Å²) in [4.78, 5) is 9.66. The van der Waals surface area contributed by atoms with Gasteiger partial charge in [0, 0.05) is 48.2 Å². The summed E-state index contributed by atoms with van der Waals surface area (Å²) in [6.45, 7) is 11.7. The van der Waals surface area contributed by atoms with Gasteiger partial charge in [-0.2, -0.15) is 5.10 Å². The number of ether oxygens (including phenoxy) is 1. The number of hydrogen-bond donors (Lipinski definition) is 1. The van der Waals surface area contributed by atoms with Gasteiger partial charge in [0.1, 0.15) is 5.82 Å². The zero-order valence-electron chi connectivity index (χ0n) is 18.8. The lowest BCUT2D eigenvalue weighted by Gasteiger charge is -2.44. The molecule has 0 aliphatic carbocycles. The zero-order valence-corrected chi connectivity index (χ0v) is 19.6. The van der Waals surface area contributed by atoms with E-state index in [4.69, 9.17) is 21.3 Å². The van der Waals surface area contributed by atoms with E-state index in [1.54, 1.807) is 0 Å². The highest BCUT2D eigenvalue weighted by Crippen LogP contribution is 2.32. The molecule has 32 heavy (non-hydrogen) atoms. The maximum atomic E-state index is 6.57. The molecule has 2 atom stereocenters. The van der Waals surface area contributed by atoms with E-state index in [1.807, 2.05) is 32.2 Å². The van der Waals surface area contributed by atoms with Crippen LogP contribution in [0.25, 0.3) is 10.8 Å². The van der Waals surface area contributed by atoms with Gasteiger partial charge in [0.05, 0.1) is 31.0 Å². The van der Waals surface area contributed by atoms with Crippen LogP contribution in [0.2, 0.25) is 5.02 Å². The molecule has 2 saturated heterocycles. The minimum atomic E-state index is -0.0119. The Bertz CT molecular complexity index is 1140. The van der Waals surface area contributed by atoms with Gasteiger partial charge in [-0.25, -0.2) is 4.98 Å². The largest absolute Gasteiger partial charge is 0.378 e. The lowest BCUT2D eigenvalue weighted by Crippen LogP contribution is -2.58. The third-order valence-corrected chi connectivity index (χ3v) is 7.15. The summed E-state index contributed by atoms with van der Waals surface area (Å²) in [5.74, 6) is 1.72. The van der Waals surface area contributed by atoms with Crippen molar-refractivity contribution in [3.63, 3.8) is 0 Å². The molecule has 4 heterocycles. The van der Waals surface area contributed by atoms with Gasteiger partial charge >= 0.3 is 0 Å². The summed E-state index contributed by atoms with van der Waals surface area (Å²) in [6.07, 6.45) is 1.92. The van der Waals surface area contributed by atoms with Crippen molar-refractivity contribution in [2.45, 2.75) is 32.9 Å². The Balaban J connectivity index is 1.46. The van der Waals surface area contributed by atoms with Crippen molar-refractivity contribution >= 4 is 34.0 Å².